The third kappa shape index (κ3) is 7.85. The van der Waals surface area contributed by atoms with Crippen LogP contribution in [0, 0.1) is 23.2 Å². The number of aliphatic imine (C=N–C) groups is 1. The number of hydrogen-bond donors (Lipinski definition) is 0. The first kappa shape index (κ1) is 36.6. The molecule has 51 heavy (non-hydrogen) atoms. The number of thiophene rings is 1. The molecule has 2 aromatic heterocycles. The van der Waals surface area contributed by atoms with Gasteiger partial charge in [-0.2, -0.15) is 10.2 Å². The number of nitriles is 1. The maximum atomic E-state index is 13.9. The van der Waals surface area contributed by atoms with E-state index in [1.807, 2.05) is 64.6 Å². The van der Waals surface area contributed by atoms with E-state index in [1.165, 1.54) is 11.3 Å². The number of rotatable bonds is 7. The lowest BCUT2D eigenvalue weighted by atomic mass is 9.73. The summed E-state index contributed by atoms with van der Waals surface area (Å²) in [5, 5.41) is 10.9. The van der Waals surface area contributed by atoms with Crippen molar-refractivity contribution in [3.05, 3.63) is 27.9 Å². The van der Waals surface area contributed by atoms with Gasteiger partial charge in [0.05, 0.1) is 22.9 Å². The normalized spacial score (nSPS) is 23.3. The summed E-state index contributed by atoms with van der Waals surface area (Å²) in [4.78, 5) is 50.2. The van der Waals surface area contributed by atoms with Crippen molar-refractivity contribution in [2.24, 2.45) is 4.99 Å². The van der Waals surface area contributed by atoms with Crippen molar-refractivity contribution in [1.29, 1.82) is 5.26 Å². The summed E-state index contributed by atoms with van der Waals surface area (Å²) in [6.45, 7) is 12.3. The number of piperazine rings is 1. The third-order valence-electron chi connectivity index (χ3n) is 10.3. The number of hydrogen-bond acceptors (Lipinski definition) is 11. The lowest BCUT2D eigenvalue weighted by Gasteiger charge is -2.42. The van der Waals surface area contributed by atoms with Crippen molar-refractivity contribution in [2.45, 2.75) is 108 Å². The van der Waals surface area contributed by atoms with Crippen molar-refractivity contribution >= 4 is 40.4 Å². The number of anilines is 1. The average molecular weight is 715 g/mol. The maximum Gasteiger partial charge on any atom is 0.410 e. The van der Waals surface area contributed by atoms with E-state index < -0.39 is 16.8 Å². The monoisotopic (exact) mass is 714 g/mol. The van der Waals surface area contributed by atoms with Crippen LogP contribution < -0.4 is 9.64 Å². The van der Waals surface area contributed by atoms with Crippen LogP contribution in [0.5, 0.6) is 5.88 Å². The molecule has 2 aliphatic carbocycles. The second kappa shape index (κ2) is 14.1. The summed E-state index contributed by atoms with van der Waals surface area (Å²) in [6, 6.07) is 4.42. The lowest BCUT2D eigenvalue weighted by Crippen LogP contribution is -2.58. The van der Waals surface area contributed by atoms with Crippen LogP contribution in [0.15, 0.2) is 11.1 Å². The number of amides is 1. The molecular formula is C38H50N8O4S. The Morgan fingerprint density at radius 3 is 2.59 bits per heavy atom. The van der Waals surface area contributed by atoms with Crippen LogP contribution in [-0.4, -0.2) is 113 Å². The minimum atomic E-state index is -0.703. The van der Waals surface area contributed by atoms with E-state index in [-0.39, 0.29) is 29.6 Å². The number of carbonyl (C=O) groups excluding carboxylic acids is 2. The van der Waals surface area contributed by atoms with Gasteiger partial charge in [-0.25, -0.2) is 14.8 Å². The van der Waals surface area contributed by atoms with Gasteiger partial charge in [0.15, 0.2) is 0 Å². The fraction of sp³-hybridized carbons (Fsp3) is 0.632. The molecule has 3 fully saturated rings. The van der Waals surface area contributed by atoms with Crippen molar-refractivity contribution in [3.63, 3.8) is 0 Å². The van der Waals surface area contributed by atoms with Gasteiger partial charge in [0.1, 0.15) is 28.6 Å². The summed E-state index contributed by atoms with van der Waals surface area (Å²) in [6.07, 6.45) is 7.58. The SMILES string of the molecule is C[C@H](Oc1cc(N2CCN(C(=O)OC(C)(C)C)C3(CC3)C2)nc(C(=O)C#C[C@@]2(C)CCCc3sc(N=CN(C)C)c(C#N)c32)n1)[C@@H]1CCCN1C. The highest BCUT2D eigenvalue weighted by Crippen LogP contribution is 2.48. The fourth-order valence-electron chi connectivity index (χ4n) is 7.57. The average Bonchev–Trinajstić information content (AvgIpc) is 3.50. The minimum absolute atomic E-state index is 0.0249. The van der Waals surface area contributed by atoms with Gasteiger partial charge >= 0.3 is 6.09 Å². The smallest absolute Gasteiger partial charge is 0.410 e. The zero-order chi connectivity index (χ0) is 36.7. The predicted molar refractivity (Wildman–Crippen MR) is 198 cm³/mol. The van der Waals surface area contributed by atoms with Crippen molar-refractivity contribution < 1.29 is 19.1 Å². The predicted octanol–water partition coefficient (Wildman–Crippen LogP) is 5.56. The maximum absolute atomic E-state index is 13.9. The van der Waals surface area contributed by atoms with E-state index in [9.17, 15) is 14.9 Å². The number of likely N-dealkylation sites (N-methyl/N-ethyl adjacent to an activating group) is 1. The van der Waals surface area contributed by atoms with Gasteiger partial charge in [0, 0.05) is 56.3 Å². The van der Waals surface area contributed by atoms with Gasteiger partial charge in [0.25, 0.3) is 5.78 Å². The first-order chi connectivity index (χ1) is 24.1. The van der Waals surface area contributed by atoms with Gasteiger partial charge in [-0.3, -0.25) is 14.6 Å². The minimum Gasteiger partial charge on any atom is -0.473 e. The number of aromatic nitrogens is 2. The van der Waals surface area contributed by atoms with E-state index in [0.29, 0.717) is 48.3 Å². The second-order valence-corrected chi connectivity index (χ2v) is 16.9. The van der Waals surface area contributed by atoms with Gasteiger partial charge in [-0.15, -0.1) is 11.3 Å². The molecular weight excluding hydrogens is 665 g/mol. The molecule has 0 radical (unpaired) electrons. The standard InChI is InChI=1S/C38H50N8O4S/c1-25(27-11-10-18-44(27)8)49-31-21-30(45-19-20-46(38(23-45)16-17-38)35(48)50-36(2,3)4)41-33(42-31)28(47)13-15-37(5)14-9-12-29-32(37)26(22-39)34(51-29)40-24-43(6)7/h21,24-25,27H,9-12,14,16-20,23H2,1-8H3/t25-,27-,37+/m0/s1. The molecule has 12 nitrogen and oxygen atoms in total. The summed E-state index contributed by atoms with van der Waals surface area (Å²) in [7, 11) is 5.88. The van der Waals surface area contributed by atoms with Crippen LogP contribution >= 0.6 is 11.3 Å². The number of nitrogens with zero attached hydrogens (tertiary/aromatic N) is 8. The number of fused-ring (bicyclic) bond motifs is 1. The Balaban J connectivity index is 1.31. The molecule has 4 aliphatic rings. The Hall–Kier alpha value is -4.20. The molecule has 1 saturated carbocycles. The third-order valence-corrected chi connectivity index (χ3v) is 11.5. The van der Waals surface area contributed by atoms with E-state index >= 15 is 0 Å². The van der Waals surface area contributed by atoms with E-state index in [0.717, 1.165) is 55.5 Å². The van der Waals surface area contributed by atoms with Crippen LogP contribution in [0.4, 0.5) is 15.6 Å². The first-order valence-corrected chi connectivity index (χ1v) is 18.8. The van der Waals surface area contributed by atoms with Crippen LogP contribution in [0.25, 0.3) is 0 Å². The summed E-state index contributed by atoms with van der Waals surface area (Å²) in [5.74, 6) is 6.53. The van der Waals surface area contributed by atoms with E-state index in [1.54, 1.807) is 6.34 Å². The molecule has 0 aromatic carbocycles. The van der Waals surface area contributed by atoms with Gasteiger partial charge in [-0.05, 0) is 99.1 Å². The highest BCUT2D eigenvalue weighted by atomic mass is 32.1. The Labute approximate surface area is 305 Å². The molecule has 0 unspecified atom stereocenters. The summed E-state index contributed by atoms with van der Waals surface area (Å²) in [5.41, 5.74) is -0.222. The zero-order valence-corrected chi connectivity index (χ0v) is 32.0. The number of carbonyl (C=O) groups is 2. The zero-order valence-electron chi connectivity index (χ0n) is 31.2. The topological polar surface area (TPSA) is 127 Å². The summed E-state index contributed by atoms with van der Waals surface area (Å²) >= 11 is 1.52. The summed E-state index contributed by atoms with van der Waals surface area (Å²) < 4.78 is 12.2. The van der Waals surface area contributed by atoms with Gasteiger partial charge in [-0.1, -0.05) is 5.92 Å². The van der Waals surface area contributed by atoms with E-state index in [2.05, 4.69) is 44.7 Å². The lowest BCUT2D eigenvalue weighted by molar-refractivity contribution is 0.0106. The quantitative estimate of drug-likeness (QED) is 0.118. The number of ether oxygens (including phenoxy) is 2. The molecule has 13 heteroatoms. The fourth-order valence-corrected chi connectivity index (χ4v) is 8.83. The molecule has 272 valence electrons. The molecule has 2 aliphatic heterocycles. The van der Waals surface area contributed by atoms with Gasteiger partial charge < -0.3 is 19.3 Å². The largest absolute Gasteiger partial charge is 0.473 e. The van der Waals surface area contributed by atoms with E-state index in [4.69, 9.17) is 14.5 Å². The number of Topliss-reactive ketones (excluding diaryl/α,β-unsaturated/α-hetero) is 1. The number of ketones is 1. The molecule has 1 spiro atoms. The molecule has 6 rings (SSSR count). The van der Waals surface area contributed by atoms with Crippen LogP contribution in [0.2, 0.25) is 0 Å². The Bertz CT molecular complexity index is 1810. The molecule has 2 saturated heterocycles. The second-order valence-electron chi connectivity index (χ2n) is 15.8. The van der Waals surface area contributed by atoms with Crippen LogP contribution in [0.1, 0.15) is 99.8 Å². The van der Waals surface area contributed by atoms with Crippen molar-refractivity contribution in [2.75, 3.05) is 52.2 Å². The highest BCUT2D eigenvalue weighted by Gasteiger charge is 2.54. The Morgan fingerprint density at radius 2 is 1.94 bits per heavy atom. The van der Waals surface area contributed by atoms with Gasteiger partial charge in [0.2, 0.25) is 11.7 Å². The molecule has 2 aromatic rings. The Kier molecular flexibility index (Phi) is 10.1. The first-order valence-electron chi connectivity index (χ1n) is 18.0. The molecule has 0 N–H and O–H groups in total. The molecule has 0 bridgehead atoms. The van der Waals surface area contributed by atoms with Crippen LogP contribution in [0.3, 0.4) is 0 Å². The van der Waals surface area contributed by atoms with Crippen molar-refractivity contribution in [3.8, 4) is 23.8 Å². The molecule has 1 amide bonds. The van der Waals surface area contributed by atoms with Crippen LogP contribution in [-0.2, 0) is 16.6 Å². The number of likely N-dealkylation sites (tertiary alicyclic amines) is 1. The molecule has 3 atom stereocenters. The Morgan fingerprint density at radius 1 is 1.18 bits per heavy atom. The molecule has 4 heterocycles. The number of aryl methyl sites for hydroxylation is 1. The van der Waals surface area contributed by atoms with Crippen molar-refractivity contribution in [1.82, 2.24) is 24.7 Å². The highest BCUT2D eigenvalue weighted by molar-refractivity contribution is 7.16.